The Labute approximate surface area is 191 Å². The number of carbonyl (C=O) groups excluding carboxylic acids is 2. The first-order valence-corrected chi connectivity index (χ1v) is 13.6. The highest BCUT2D eigenvalue weighted by molar-refractivity contribution is 7.91. The minimum atomic E-state index is -3.45. The summed E-state index contributed by atoms with van der Waals surface area (Å²) in [5.41, 5.74) is 1.16. The van der Waals surface area contributed by atoms with E-state index in [-0.39, 0.29) is 45.0 Å². The zero-order valence-electron chi connectivity index (χ0n) is 16.3. The molecular formula is C21H20Cl2O6S2. The predicted octanol–water partition coefficient (Wildman–Crippen LogP) is 3.56. The average Bonchev–Trinajstić information content (AvgIpc) is 2.72. The van der Waals surface area contributed by atoms with Gasteiger partial charge in [-0.25, -0.2) is 16.8 Å². The van der Waals surface area contributed by atoms with Crippen LogP contribution in [0.1, 0.15) is 31.8 Å². The Bertz CT molecular complexity index is 1180. The van der Waals surface area contributed by atoms with Gasteiger partial charge in [-0.15, -0.1) is 23.2 Å². The van der Waals surface area contributed by atoms with Crippen LogP contribution in [0, 0.1) is 0 Å². The highest BCUT2D eigenvalue weighted by Gasteiger charge is 2.16. The van der Waals surface area contributed by atoms with E-state index >= 15 is 0 Å². The van der Waals surface area contributed by atoms with E-state index in [0.29, 0.717) is 17.4 Å². The van der Waals surface area contributed by atoms with Crippen molar-refractivity contribution in [2.45, 2.75) is 10.6 Å². The summed E-state index contributed by atoms with van der Waals surface area (Å²) < 4.78 is 48.0. The monoisotopic (exact) mass is 502 g/mol. The fourth-order valence-corrected chi connectivity index (χ4v) is 6.09. The van der Waals surface area contributed by atoms with Crippen molar-refractivity contribution in [3.63, 3.8) is 0 Å². The van der Waals surface area contributed by atoms with Crippen molar-refractivity contribution in [1.29, 1.82) is 0 Å². The lowest BCUT2D eigenvalue weighted by molar-refractivity contribution is 0.103. The summed E-state index contributed by atoms with van der Waals surface area (Å²) in [5, 5.41) is 0. The third-order valence-electron chi connectivity index (χ3n) is 4.30. The van der Waals surface area contributed by atoms with E-state index in [1.165, 1.54) is 42.5 Å². The largest absolute Gasteiger partial charge is 0.298 e. The van der Waals surface area contributed by atoms with E-state index in [0.717, 1.165) is 0 Å². The van der Waals surface area contributed by atoms with E-state index < -0.39 is 25.5 Å². The van der Waals surface area contributed by atoms with Gasteiger partial charge in [0.05, 0.1) is 22.2 Å². The molecule has 2 aromatic carbocycles. The zero-order valence-corrected chi connectivity index (χ0v) is 19.5. The lowest BCUT2D eigenvalue weighted by Gasteiger charge is -2.07. The van der Waals surface area contributed by atoms with E-state index in [2.05, 4.69) is 0 Å². The molecule has 31 heavy (non-hydrogen) atoms. The molecule has 2 rings (SSSR count). The number of carbonyl (C=O) groups is 2. The second-order valence-corrected chi connectivity index (χ2v) is 11.6. The van der Waals surface area contributed by atoms with Crippen LogP contribution in [0.4, 0.5) is 0 Å². The molecule has 0 N–H and O–H groups in total. The Morgan fingerprint density at radius 3 is 2.13 bits per heavy atom. The first-order chi connectivity index (χ1) is 14.6. The van der Waals surface area contributed by atoms with Crippen molar-refractivity contribution in [2.75, 3.05) is 23.3 Å². The summed E-state index contributed by atoms with van der Waals surface area (Å²) in [6.07, 6.45) is 3.24. The van der Waals surface area contributed by atoms with Crippen LogP contribution < -0.4 is 0 Å². The minimum Gasteiger partial charge on any atom is -0.298 e. The maximum atomic E-state index is 12.6. The lowest BCUT2D eigenvalue weighted by Crippen LogP contribution is -2.11. The summed E-state index contributed by atoms with van der Waals surface area (Å²) in [6.45, 7) is 0. The molecule has 166 valence electrons. The van der Waals surface area contributed by atoms with E-state index in [4.69, 9.17) is 23.2 Å². The highest BCUT2D eigenvalue weighted by Crippen LogP contribution is 2.17. The molecule has 10 heteroatoms. The van der Waals surface area contributed by atoms with Gasteiger partial charge in [0.2, 0.25) is 0 Å². The van der Waals surface area contributed by atoms with Crippen LogP contribution in [0.3, 0.4) is 0 Å². The molecule has 0 aliphatic heterocycles. The van der Waals surface area contributed by atoms with Gasteiger partial charge in [0.1, 0.15) is 0 Å². The van der Waals surface area contributed by atoms with Gasteiger partial charge in [-0.3, -0.25) is 9.59 Å². The SMILES string of the molecule is O=Cc1ccc(CS(=O)(=O)CCCl)cc1C(=O)C=Cc1ccc(S(=O)(=O)CCCl)cc1. The van der Waals surface area contributed by atoms with Crippen LogP contribution >= 0.6 is 23.2 Å². The Kier molecular flexibility index (Phi) is 9.00. The number of alkyl halides is 2. The molecule has 0 unspecified atom stereocenters. The van der Waals surface area contributed by atoms with Gasteiger partial charge in [0.25, 0.3) is 0 Å². The Morgan fingerprint density at radius 2 is 1.55 bits per heavy atom. The van der Waals surface area contributed by atoms with Crippen molar-refractivity contribution < 1.29 is 26.4 Å². The van der Waals surface area contributed by atoms with Crippen molar-refractivity contribution in [2.24, 2.45) is 0 Å². The maximum Gasteiger partial charge on any atom is 0.186 e. The van der Waals surface area contributed by atoms with Crippen molar-refractivity contribution >= 4 is 61.0 Å². The first-order valence-electron chi connectivity index (χ1n) is 9.07. The van der Waals surface area contributed by atoms with Gasteiger partial charge >= 0.3 is 0 Å². The molecule has 0 saturated carbocycles. The summed E-state index contributed by atoms with van der Waals surface area (Å²) in [4.78, 5) is 24.1. The Hall–Kier alpha value is -2.00. The van der Waals surface area contributed by atoms with Crippen LogP contribution in [0.5, 0.6) is 0 Å². The number of halogens is 2. The van der Waals surface area contributed by atoms with Crippen LogP contribution in [-0.2, 0) is 25.4 Å². The second kappa shape index (κ2) is 11.0. The number of aldehydes is 1. The molecule has 0 fully saturated rings. The summed E-state index contributed by atoms with van der Waals surface area (Å²) >= 11 is 11.0. The number of allylic oxidation sites excluding steroid dienone is 1. The number of sulfone groups is 2. The van der Waals surface area contributed by atoms with Crippen LogP contribution in [-0.4, -0.2) is 52.2 Å². The number of ketones is 1. The van der Waals surface area contributed by atoms with Crippen molar-refractivity contribution in [3.05, 3.63) is 70.8 Å². The standard InChI is InChI=1S/C21H20Cl2O6S2/c22-9-11-30(26,27)15-17-1-5-18(14-24)20(13-17)21(25)8-4-16-2-6-19(7-3-16)31(28,29)12-10-23/h1-8,13-14H,9-12,15H2. The third-order valence-corrected chi connectivity index (χ3v) is 8.45. The molecule has 0 radical (unpaired) electrons. The average molecular weight is 503 g/mol. The van der Waals surface area contributed by atoms with Crippen molar-refractivity contribution in [1.82, 2.24) is 0 Å². The fourth-order valence-electron chi connectivity index (χ4n) is 2.72. The molecule has 0 aliphatic rings. The second-order valence-electron chi connectivity index (χ2n) is 6.59. The van der Waals surface area contributed by atoms with Gasteiger partial charge in [0.15, 0.2) is 31.7 Å². The van der Waals surface area contributed by atoms with Crippen LogP contribution in [0.15, 0.2) is 53.4 Å². The lowest BCUT2D eigenvalue weighted by atomic mass is 10.0. The Morgan fingerprint density at radius 1 is 0.903 bits per heavy atom. The number of hydrogen-bond acceptors (Lipinski definition) is 6. The normalized spacial score (nSPS) is 12.2. The van der Waals surface area contributed by atoms with E-state index in [9.17, 15) is 26.4 Å². The molecule has 0 aliphatic carbocycles. The topological polar surface area (TPSA) is 102 Å². The molecule has 0 aromatic heterocycles. The van der Waals surface area contributed by atoms with Crippen LogP contribution in [0.2, 0.25) is 0 Å². The predicted molar refractivity (Wildman–Crippen MR) is 123 cm³/mol. The van der Waals surface area contributed by atoms with E-state index in [1.807, 2.05) is 0 Å². The number of rotatable bonds is 11. The molecule has 2 aromatic rings. The number of benzene rings is 2. The van der Waals surface area contributed by atoms with Crippen LogP contribution in [0.25, 0.3) is 6.08 Å². The summed E-state index contributed by atoms with van der Waals surface area (Å²) in [5.74, 6) is -1.19. The molecule has 0 saturated heterocycles. The van der Waals surface area contributed by atoms with Gasteiger partial charge < -0.3 is 0 Å². The van der Waals surface area contributed by atoms with Crippen molar-refractivity contribution in [3.8, 4) is 0 Å². The van der Waals surface area contributed by atoms with Gasteiger partial charge in [-0.05, 0) is 35.4 Å². The fraction of sp³-hybridized carbons (Fsp3) is 0.238. The molecule has 6 nitrogen and oxygen atoms in total. The molecule has 0 heterocycles. The molecular weight excluding hydrogens is 483 g/mol. The Balaban J connectivity index is 2.25. The number of hydrogen-bond donors (Lipinski definition) is 0. The quantitative estimate of drug-likeness (QED) is 0.201. The molecule has 0 atom stereocenters. The van der Waals surface area contributed by atoms with Gasteiger partial charge in [0, 0.05) is 22.9 Å². The minimum absolute atomic E-state index is 0.0101. The highest BCUT2D eigenvalue weighted by atomic mass is 35.5. The smallest absolute Gasteiger partial charge is 0.186 e. The first kappa shape index (κ1) is 25.3. The maximum absolute atomic E-state index is 12.6. The van der Waals surface area contributed by atoms with Gasteiger partial charge in [-0.1, -0.05) is 30.3 Å². The molecule has 0 bridgehead atoms. The molecule has 0 spiro atoms. The van der Waals surface area contributed by atoms with E-state index in [1.54, 1.807) is 12.1 Å². The zero-order chi connectivity index (χ0) is 23.1. The summed E-state index contributed by atoms with van der Waals surface area (Å²) in [6, 6.07) is 10.2. The molecule has 0 amide bonds. The summed E-state index contributed by atoms with van der Waals surface area (Å²) in [7, 11) is -6.88. The third kappa shape index (κ3) is 7.28. The van der Waals surface area contributed by atoms with Gasteiger partial charge in [-0.2, -0.15) is 0 Å².